The first-order chi connectivity index (χ1) is 11.7. The van der Waals surface area contributed by atoms with E-state index in [0.717, 1.165) is 25.2 Å². The lowest BCUT2D eigenvalue weighted by atomic mass is 10.2. The molecule has 0 radical (unpaired) electrons. The maximum absolute atomic E-state index is 12.2. The topological polar surface area (TPSA) is 55.4 Å². The van der Waals surface area contributed by atoms with Gasteiger partial charge in [0.1, 0.15) is 5.65 Å². The fourth-order valence-corrected chi connectivity index (χ4v) is 3.48. The molecule has 6 heteroatoms. The van der Waals surface area contributed by atoms with Crippen molar-refractivity contribution in [1.82, 2.24) is 24.1 Å². The summed E-state index contributed by atoms with van der Waals surface area (Å²) in [4.78, 5) is 19.3. The number of fused-ring (bicyclic) bond motifs is 1. The molecule has 0 N–H and O–H groups in total. The number of likely N-dealkylation sites (tertiary alicyclic amines) is 1. The summed E-state index contributed by atoms with van der Waals surface area (Å²) in [5.41, 5.74) is 2.71. The van der Waals surface area contributed by atoms with Gasteiger partial charge in [-0.1, -0.05) is 6.07 Å². The third-order valence-corrected chi connectivity index (χ3v) is 4.65. The summed E-state index contributed by atoms with van der Waals surface area (Å²) in [5, 5.41) is 4.40. The highest BCUT2D eigenvalue weighted by atomic mass is 16.1. The van der Waals surface area contributed by atoms with E-state index in [0.29, 0.717) is 18.2 Å². The van der Waals surface area contributed by atoms with Crippen molar-refractivity contribution in [2.24, 2.45) is 0 Å². The largest absolute Gasteiger partial charge is 0.293 e. The quantitative estimate of drug-likeness (QED) is 0.735. The van der Waals surface area contributed by atoms with E-state index in [1.807, 2.05) is 29.1 Å². The van der Waals surface area contributed by atoms with Crippen LogP contribution in [-0.2, 0) is 13.1 Å². The standard InChI is InChI=1S/C18H21N5O/c1-14-10-19-22(11-14)13-16-5-4-7-21(16)12-15-9-18(24)23-8-3-2-6-17(23)20-15/h2-3,6,8-11,16H,4-5,7,12-13H2,1H3/t16-/m1/s1. The van der Waals surface area contributed by atoms with Gasteiger partial charge >= 0.3 is 0 Å². The number of rotatable bonds is 4. The molecule has 0 unspecified atom stereocenters. The van der Waals surface area contributed by atoms with Gasteiger partial charge in [0, 0.05) is 31.0 Å². The van der Waals surface area contributed by atoms with E-state index in [1.54, 1.807) is 16.7 Å². The third kappa shape index (κ3) is 2.97. The molecule has 24 heavy (non-hydrogen) atoms. The molecule has 1 aliphatic rings. The Morgan fingerprint density at radius 1 is 1.33 bits per heavy atom. The van der Waals surface area contributed by atoms with Gasteiger partial charge in [-0.2, -0.15) is 5.10 Å². The van der Waals surface area contributed by atoms with Gasteiger partial charge in [-0.15, -0.1) is 0 Å². The predicted molar refractivity (Wildman–Crippen MR) is 91.9 cm³/mol. The molecule has 1 aliphatic heterocycles. The maximum atomic E-state index is 12.2. The molecule has 124 valence electrons. The van der Waals surface area contributed by atoms with E-state index < -0.39 is 0 Å². The predicted octanol–water partition coefficient (Wildman–Crippen LogP) is 1.86. The van der Waals surface area contributed by atoms with Crippen LogP contribution in [0.25, 0.3) is 5.65 Å². The molecule has 0 bridgehead atoms. The zero-order valence-corrected chi connectivity index (χ0v) is 13.8. The summed E-state index contributed by atoms with van der Waals surface area (Å²) in [7, 11) is 0. The molecule has 4 rings (SSSR count). The van der Waals surface area contributed by atoms with Gasteiger partial charge < -0.3 is 0 Å². The number of pyridine rings is 1. The molecule has 1 fully saturated rings. The molecule has 4 heterocycles. The van der Waals surface area contributed by atoms with Crippen molar-refractivity contribution in [2.75, 3.05) is 6.54 Å². The Labute approximate surface area is 140 Å². The van der Waals surface area contributed by atoms with Crippen LogP contribution in [0.4, 0.5) is 0 Å². The maximum Gasteiger partial charge on any atom is 0.258 e. The van der Waals surface area contributed by atoms with Crippen LogP contribution in [0.15, 0.2) is 47.7 Å². The third-order valence-electron chi connectivity index (χ3n) is 4.65. The summed E-state index contributed by atoms with van der Waals surface area (Å²) in [6.07, 6.45) is 8.07. The van der Waals surface area contributed by atoms with Gasteiger partial charge in [-0.3, -0.25) is 18.8 Å². The van der Waals surface area contributed by atoms with Crippen LogP contribution < -0.4 is 5.56 Å². The fraction of sp³-hybridized carbons (Fsp3) is 0.389. The van der Waals surface area contributed by atoms with E-state index in [2.05, 4.69) is 28.1 Å². The van der Waals surface area contributed by atoms with E-state index >= 15 is 0 Å². The van der Waals surface area contributed by atoms with E-state index in [4.69, 9.17) is 0 Å². The average molecular weight is 323 g/mol. The van der Waals surface area contributed by atoms with E-state index in [1.165, 1.54) is 12.0 Å². The van der Waals surface area contributed by atoms with Gasteiger partial charge in [0.25, 0.3) is 5.56 Å². The zero-order valence-electron chi connectivity index (χ0n) is 13.8. The Bertz CT molecular complexity index is 913. The molecule has 1 atom stereocenters. The second kappa shape index (κ2) is 6.20. The molecule has 3 aromatic heterocycles. The van der Waals surface area contributed by atoms with Gasteiger partial charge in [0.05, 0.1) is 18.4 Å². The lowest BCUT2D eigenvalue weighted by Crippen LogP contribution is -2.33. The first kappa shape index (κ1) is 15.1. The van der Waals surface area contributed by atoms with Crippen molar-refractivity contribution >= 4 is 5.65 Å². The molecular weight excluding hydrogens is 302 g/mol. The van der Waals surface area contributed by atoms with E-state index in [-0.39, 0.29) is 5.56 Å². The van der Waals surface area contributed by atoms with Gasteiger partial charge in [0.2, 0.25) is 0 Å². The highest BCUT2D eigenvalue weighted by molar-refractivity contribution is 5.38. The number of hydrogen-bond acceptors (Lipinski definition) is 4. The molecule has 6 nitrogen and oxygen atoms in total. The van der Waals surface area contributed by atoms with Crippen LogP contribution in [0.3, 0.4) is 0 Å². The van der Waals surface area contributed by atoms with Crippen LogP contribution in [0.1, 0.15) is 24.1 Å². The van der Waals surface area contributed by atoms with Crippen LogP contribution in [0.2, 0.25) is 0 Å². The Kier molecular flexibility index (Phi) is 3.90. The average Bonchev–Trinajstić information content (AvgIpc) is 3.17. The minimum Gasteiger partial charge on any atom is -0.293 e. The van der Waals surface area contributed by atoms with Gasteiger partial charge in [-0.05, 0) is 44.0 Å². The summed E-state index contributed by atoms with van der Waals surface area (Å²) < 4.78 is 3.60. The number of aromatic nitrogens is 4. The lowest BCUT2D eigenvalue weighted by Gasteiger charge is -2.24. The second-order valence-electron chi connectivity index (χ2n) is 6.52. The van der Waals surface area contributed by atoms with Crippen LogP contribution in [0, 0.1) is 6.92 Å². The molecule has 1 saturated heterocycles. The second-order valence-corrected chi connectivity index (χ2v) is 6.52. The molecule has 0 saturated carbocycles. The molecule has 0 spiro atoms. The summed E-state index contributed by atoms with van der Waals surface area (Å²) >= 11 is 0. The lowest BCUT2D eigenvalue weighted by molar-refractivity contribution is 0.217. The Balaban J connectivity index is 1.54. The summed E-state index contributed by atoms with van der Waals surface area (Å²) in [6.45, 7) is 4.70. The van der Waals surface area contributed by atoms with Crippen molar-refractivity contribution in [3.05, 3.63) is 64.5 Å². The minimum absolute atomic E-state index is 0.0194. The smallest absolute Gasteiger partial charge is 0.258 e. The van der Waals surface area contributed by atoms with Gasteiger partial charge in [-0.25, -0.2) is 4.98 Å². The zero-order chi connectivity index (χ0) is 16.5. The number of hydrogen-bond donors (Lipinski definition) is 0. The first-order valence-electron chi connectivity index (χ1n) is 8.39. The number of nitrogens with zero attached hydrogens (tertiary/aromatic N) is 5. The van der Waals surface area contributed by atoms with Crippen LogP contribution >= 0.6 is 0 Å². The molecule has 0 amide bonds. The molecule has 3 aromatic rings. The summed E-state index contributed by atoms with van der Waals surface area (Å²) in [5.74, 6) is 0. The highest BCUT2D eigenvalue weighted by Crippen LogP contribution is 2.20. The highest BCUT2D eigenvalue weighted by Gasteiger charge is 2.25. The van der Waals surface area contributed by atoms with E-state index in [9.17, 15) is 4.79 Å². The monoisotopic (exact) mass is 323 g/mol. The Hall–Kier alpha value is -2.47. The molecule has 0 aliphatic carbocycles. The van der Waals surface area contributed by atoms with Crippen molar-refractivity contribution in [3.63, 3.8) is 0 Å². The SMILES string of the molecule is Cc1cnn(C[C@H]2CCCN2Cc2cc(=O)n3ccccc3n2)c1. The minimum atomic E-state index is -0.0194. The fourth-order valence-electron chi connectivity index (χ4n) is 3.48. The van der Waals surface area contributed by atoms with Gasteiger partial charge in [0.15, 0.2) is 0 Å². The number of aryl methyl sites for hydroxylation is 1. The van der Waals surface area contributed by atoms with Crippen LogP contribution in [-0.4, -0.2) is 36.7 Å². The van der Waals surface area contributed by atoms with Crippen molar-refractivity contribution in [3.8, 4) is 0 Å². The van der Waals surface area contributed by atoms with Crippen molar-refractivity contribution in [1.29, 1.82) is 0 Å². The van der Waals surface area contributed by atoms with Crippen LogP contribution in [0.5, 0.6) is 0 Å². The molecular formula is C18H21N5O. The van der Waals surface area contributed by atoms with Crippen molar-refractivity contribution < 1.29 is 0 Å². The summed E-state index contributed by atoms with van der Waals surface area (Å²) in [6, 6.07) is 7.72. The Morgan fingerprint density at radius 3 is 3.08 bits per heavy atom. The first-order valence-corrected chi connectivity index (χ1v) is 8.39. The normalized spacial score (nSPS) is 18.5. The Morgan fingerprint density at radius 2 is 2.25 bits per heavy atom. The van der Waals surface area contributed by atoms with Crippen molar-refractivity contribution in [2.45, 2.75) is 38.9 Å². The molecule has 0 aromatic carbocycles.